The number of nitrogens with one attached hydrogen (secondary N) is 1. The number of carbonyl (C=O) groups is 1. The van der Waals surface area contributed by atoms with Crippen LogP contribution >= 0.6 is 11.5 Å². The molecule has 0 aliphatic carbocycles. The summed E-state index contributed by atoms with van der Waals surface area (Å²) >= 11 is 1.14. The zero-order chi connectivity index (χ0) is 18.2. The van der Waals surface area contributed by atoms with Crippen LogP contribution < -0.4 is 5.32 Å². The van der Waals surface area contributed by atoms with Gasteiger partial charge >= 0.3 is 6.18 Å². The highest BCUT2D eigenvalue weighted by molar-refractivity contribution is 7.12. The standard InChI is InChI=1S/C16H11F4N3OS/c1-8-12-6-10(7-21-15(12)25-23-8)14(24)22-13(16(18,19)20)9-2-4-11(17)5-3-9/h2-7,13H,1H3,(H,22,24). The van der Waals surface area contributed by atoms with Crippen LogP contribution in [0.3, 0.4) is 0 Å². The van der Waals surface area contributed by atoms with Crippen molar-refractivity contribution in [3.63, 3.8) is 0 Å². The van der Waals surface area contributed by atoms with Crippen molar-refractivity contribution in [1.29, 1.82) is 0 Å². The summed E-state index contributed by atoms with van der Waals surface area (Å²) in [5.41, 5.74) is 0.380. The number of rotatable bonds is 3. The number of halogens is 4. The second-order valence-corrected chi connectivity index (χ2v) is 6.10. The van der Waals surface area contributed by atoms with Gasteiger partial charge in [0.15, 0.2) is 6.04 Å². The van der Waals surface area contributed by atoms with Crippen molar-refractivity contribution < 1.29 is 22.4 Å². The maximum atomic E-state index is 13.3. The van der Waals surface area contributed by atoms with Crippen molar-refractivity contribution in [1.82, 2.24) is 14.7 Å². The summed E-state index contributed by atoms with van der Waals surface area (Å²) in [5, 5.41) is 2.56. The van der Waals surface area contributed by atoms with E-state index in [9.17, 15) is 22.4 Å². The molecule has 1 amide bonds. The summed E-state index contributed by atoms with van der Waals surface area (Å²) in [6.07, 6.45) is -3.53. The third-order valence-corrected chi connectivity index (χ3v) is 4.44. The topological polar surface area (TPSA) is 54.9 Å². The monoisotopic (exact) mass is 369 g/mol. The Hall–Kier alpha value is -2.55. The van der Waals surface area contributed by atoms with Crippen LogP contribution in [0.1, 0.15) is 27.7 Å². The number of carbonyl (C=O) groups excluding carboxylic acids is 1. The van der Waals surface area contributed by atoms with Gasteiger partial charge in [0.1, 0.15) is 10.6 Å². The van der Waals surface area contributed by atoms with Gasteiger partial charge in [0.05, 0.1) is 11.3 Å². The number of alkyl halides is 3. The van der Waals surface area contributed by atoms with Crippen molar-refractivity contribution in [3.05, 3.63) is 59.2 Å². The van der Waals surface area contributed by atoms with E-state index < -0.39 is 23.9 Å². The third kappa shape index (κ3) is 3.60. The minimum absolute atomic E-state index is 0.00726. The van der Waals surface area contributed by atoms with E-state index in [1.165, 1.54) is 12.3 Å². The summed E-state index contributed by atoms with van der Waals surface area (Å²) in [6.45, 7) is 1.72. The molecule has 2 heterocycles. The summed E-state index contributed by atoms with van der Waals surface area (Å²) < 4.78 is 57.0. The van der Waals surface area contributed by atoms with Crippen LogP contribution in [0.25, 0.3) is 10.2 Å². The number of nitrogens with zero attached hydrogens (tertiary/aromatic N) is 2. The summed E-state index contributed by atoms with van der Waals surface area (Å²) in [5.74, 6) is -1.59. The van der Waals surface area contributed by atoms with Crippen LogP contribution in [0.5, 0.6) is 0 Å². The van der Waals surface area contributed by atoms with Crippen molar-refractivity contribution in [2.45, 2.75) is 19.1 Å². The molecule has 0 spiro atoms. The Kier molecular flexibility index (Phi) is 4.42. The first-order valence-corrected chi connectivity index (χ1v) is 7.88. The van der Waals surface area contributed by atoms with E-state index in [0.29, 0.717) is 15.9 Å². The lowest BCUT2D eigenvalue weighted by atomic mass is 10.1. The maximum absolute atomic E-state index is 13.3. The molecule has 9 heteroatoms. The first-order valence-electron chi connectivity index (χ1n) is 7.11. The molecule has 0 fully saturated rings. The molecule has 0 bridgehead atoms. The lowest BCUT2D eigenvalue weighted by Crippen LogP contribution is -2.38. The second kappa shape index (κ2) is 6.40. The fourth-order valence-corrected chi connectivity index (χ4v) is 3.02. The van der Waals surface area contributed by atoms with E-state index in [0.717, 1.165) is 35.8 Å². The molecule has 1 unspecified atom stereocenters. The molecule has 0 aliphatic heterocycles. The number of benzene rings is 1. The van der Waals surface area contributed by atoms with Gasteiger partial charge < -0.3 is 5.32 Å². The van der Waals surface area contributed by atoms with Gasteiger partial charge in [-0.25, -0.2) is 9.37 Å². The Morgan fingerprint density at radius 3 is 2.56 bits per heavy atom. The molecule has 1 N–H and O–H groups in total. The molecule has 130 valence electrons. The number of fused-ring (bicyclic) bond motifs is 1. The lowest BCUT2D eigenvalue weighted by molar-refractivity contribution is -0.155. The highest BCUT2D eigenvalue weighted by atomic mass is 32.1. The highest BCUT2D eigenvalue weighted by Gasteiger charge is 2.42. The predicted octanol–water partition coefficient (Wildman–Crippen LogP) is 4.17. The zero-order valence-corrected chi connectivity index (χ0v) is 13.6. The SMILES string of the molecule is Cc1nsc2ncc(C(=O)NC(c3ccc(F)cc3)C(F)(F)F)cc12. The van der Waals surface area contributed by atoms with Gasteiger partial charge in [0.2, 0.25) is 0 Å². The Morgan fingerprint density at radius 2 is 1.92 bits per heavy atom. The molecular weight excluding hydrogens is 358 g/mol. The van der Waals surface area contributed by atoms with Crippen molar-refractivity contribution in [2.75, 3.05) is 0 Å². The Morgan fingerprint density at radius 1 is 1.24 bits per heavy atom. The average Bonchev–Trinajstić information content (AvgIpc) is 2.93. The van der Waals surface area contributed by atoms with E-state index in [4.69, 9.17) is 0 Å². The number of hydrogen-bond donors (Lipinski definition) is 1. The van der Waals surface area contributed by atoms with Gasteiger partial charge in [0.25, 0.3) is 5.91 Å². The largest absolute Gasteiger partial charge is 0.412 e. The van der Waals surface area contributed by atoms with E-state index in [2.05, 4.69) is 9.36 Å². The van der Waals surface area contributed by atoms with E-state index in [1.807, 2.05) is 5.32 Å². The smallest absolute Gasteiger partial charge is 0.337 e. The number of pyridine rings is 1. The first kappa shape index (κ1) is 17.3. The van der Waals surface area contributed by atoms with Gasteiger partial charge in [-0.05, 0) is 42.2 Å². The van der Waals surface area contributed by atoms with Crippen molar-refractivity contribution in [2.24, 2.45) is 0 Å². The molecular formula is C16H11F4N3OS. The fourth-order valence-electron chi connectivity index (χ4n) is 2.29. The summed E-state index contributed by atoms with van der Waals surface area (Å²) in [4.78, 5) is 16.9. The van der Waals surface area contributed by atoms with Crippen molar-refractivity contribution >= 4 is 27.7 Å². The maximum Gasteiger partial charge on any atom is 0.412 e. The molecule has 1 atom stereocenters. The molecule has 0 saturated carbocycles. The molecule has 25 heavy (non-hydrogen) atoms. The minimum Gasteiger partial charge on any atom is -0.337 e. The second-order valence-electron chi connectivity index (χ2n) is 5.34. The van der Waals surface area contributed by atoms with E-state index in [1.54, 1.807) is 6.92 Å². The van der Waals surface area contributed by atoms with E-state index >= 15 is 0 Å². The van der Waals surface area contributed by atoms with Crippen LogP contribution in [0.2, 0.25) is 0 Å². The zero-order valence-electron chi connectivity index (χ0n) is 12.8. The third-order valence-electron chi connectivity index (χ3n) is 3.58. The predicted molar refractivity (Wildman–Crippen MR) is 84.8 cm³/mol. The molecule has 3 rings (SSSR count). The lowest BCUT2D eigenvalue weighted by Gasteiger charge is -2.22. The van der Waals surface area contributed by atoms with Crippen LogP contribution in [0.4, 0.5) is 17.6 Å². The van der Waals surface area contributed by atoms with Gasteiger partial charge in [0, 0.05) is 11.6 Å². The molecule has 0 aliphatic rings. The van der Waals surface area contributed by atoms with Gasteiger partial charge in [-0.15, -0.1) is 0 Å². The number of hydrogen-bond acceptors (Lipinski definition) is 4. The highest BCUT2D eigenvalue weighted by Crippen LogP contribution is 2.33. The summed E-state index contributed by atoms with van der Waals surface area (Å²) in [6, 6.07) is 3.00. The Bertz CT molecular complexity index is 921. The van der Waals surface area contributed by atoms with Gasteiger partial charge in [-0.2, -0.15) is 17.5 Å². The molecule has 0 radical (unpaired) electrons. The first-order chi connectivity index (χ1) is 11.8. The number of amides is 1. The Balaban J connectivity index is 1.91. The summed E-state index contributed by atoms with van der Waals surface area (Å²) in [7, 11) is 0. The van der Waals surface area contributed by atoms with Gasteiger partial charge in [-0.1, -0.05) is 12.1 Å². The molecule has 1 aromatic carbocycles. The van der Waals surface area contributed by atoms with Crippen LogP contribution in [0.15, 0.2) is 36.5 Å². The number of aromatic nitrogens is 2. The fraction of sp³-hybridized carbons (Fsp3) is 0.188. The molecule has 3 aromatic rings. The quantitative estimate of drug-likeness (QED) is 0.705. The minimum atomic E-state index is -4.73. The van der Waals surface area contributed by atoms with Crippen molar-refractivity contribution in [3.8, 4) is 0 Å². The van der Waals surface area contributed by atoms with Crippen LogP contribution in [0, 0.1) is 12.7 Å². The molecule has 2 aromatic heterocycles. The van der Waals surface area contributed by atoms with Crippen LogP contribution in [-0.2, 0) is 0 Å². The number of aryl methyl sites for hydroxylation is 1. The normalized spacial score (nSPS) is 13.0. The molecule has 0 saturated heterocycles. The molecule has 4 nitrogen and oxygen atoms in total. The Labute approximate surface area is 143 Å². The van der Waals surface area contributed by atoms with Gasteiger partial charge in [-0.3, -0.25) is 4.79 Å². The van der Waals surface area contributed by atoms with Crippen LogP contribution in [-0.4, -0.2) is 21.4 Å². The average molecular weight is 369 g/mol. The van der Waals surface area contributed by atoms with E-state index in [-0.39, 0.29) is 11.1 Å².